The van der Waals surface area contributed by atoms with Crippen molar-refractivity contribution >= 4 is 17.6 Å². The number of esters is 2. The zero-order chi connectivity index (χ0) is 17.9. The van der Waals surface area contributed by atoms with Gasteiger partial charge in [-0.2, -0.15) is 5.10 Å². The molecule has 0 unspecified atom stereocenters. The molecule has 8 nitrogen and oxygen atoms in total. The first kappa shape index (κ1) is 17.5. The molecule has 2 heterocycles. The number of methoxy groups -OCH3 is 1. The Bertz CT molecular complexity index is 762. The van der Waals surface area contributed by atoms with Gasteiger partial charge in [0.25, 0.3) is 0 Å². The molecular formula is C16H20N4O4. The van der Waals surface area contributed by atoms with Gasteiger partial charge in [-0.3, -0.25) is 9.48 Å². The Morgan fingerprint density at radius 1 is 1.33 bits per heavy atom. The van der Waals surface area contributed by atoms with E-state index >= 15 is 0 Å². The van der Waals surface area contributed by atoms with E-state index in [1.807, 2.05) is 0 Å². The van der Waals surface area contributed by atoms with Crippen LogP contribution in [0.4, 0.5) is 5.69 Å². The van der Waals surface area contributed by atoms with Crippen molar-refractivity contribution in [1.82, 2.24) is 14.8 Å². The average Bonchev–Trinajstić information content (AvgIpc) is 2.92. The summed E-state index contributed by atoms with van der Waals surface area (Å²) in [4.78, 5) is 27.3. The summed E-state index contributed by atoms with van der Waals surface area (Å²) in [6.45, 7) is 5.41. The Morgan fingerprint density at radius 3 is 2.62 bits per heavy atom. The Balaban J connectivity index is 2.15. The molecule has 2 aromatic heterocycles. The number of rotatable bonds is 4. The van der Waals surface area contributed by atoms with E-state index in [1.54, 1.807) is 39.1 Å². The fraction of sp³-hybridized carbons (Fsp3) is 0.375. The van der Waals surface area contributed by atoms with E-state index in [0.29, 0.717) is 11.3 Å². The maximum atomic E-state index is 11.8. The number of anilines is 1. The quantitative estimate of drug-likeness (QED) is 0.848. The van der Waals surface area contributed by atoms with Gasteiger partial charge in [0, 0.05) is 18.0 Å². The van der Waals surface area contributed by atoms with Crippen LogP contribution >= 0.6 is 0 Å². The van der Waals surface area contributed by atoms with Crippen LogP contribution < -0.4 is 5.73 Å². The smallest absolute Gasteiger partial charge is 0.358 e. The zero-order valence-electron chi connectivity index (χ0n) is 14.1. The standard InChI is InChI=1S/C16H20N4O4/c1-16(2,3)24-13(21)9-20-6-5-12(19-20)10-7-11(17)14(18-8-10)15(22)23-4/h5-8H,9,17H2,1-4H3. The van der Waals surface area contributed by atoms with Gasteiger partial charge in [-0.1, -0.05) is 0 Å². The molecule has 128 valence electrons. The van der Waals surface area contributed by atoms with Crippen LogP contribution in [0.1, 0.15) is 31.3 Å². The molecule has 0 radical (unpaired) electrons. The molecule has 0 saturated heterocycles. The number of nitrogens with two attached hydrogens (primary N) is 1. The Hall–Kier alpha value is -2.90. The van der Waals surface area contributed by atoms with Crippen LogP contribution in [0.3, 0.4) is 0 Å². The first-order chi connectivity index (χ1) is 11.2. The van der Waals surface area contributed by atoms with E-state index in [9.17, 15) is 9.59 Å². The molecule has 24 heavy (non-hydrogen) atoms. The molecule has 0 spiro atoms. The van der Waals surface area contributed by atoms with E-state index in [1.165, 1.54) is 18.0 Å². The largest absolute Gasteiger partial charge is 0.464 e. The van der Waals surface area contributed by atoms with Crippen LogP contribution in [0, 0.1) is 0 Å². The number of hydrogen-bond acceptors (Lipinski definition) is 7. The molecule has 0 aliphatic carbocycles. The highest BCUT2D eigenvalue weighted by Gasteiger charge is 2.17. The minimum absolute atomic E-state index is 0.000422. The van der Waals surface area contributed by atoms with Gasteiger partial charge in [-0.25, -0.2) is 9.78 Å². The molecule has 2 N–H and O–H groups in total. The summed E-state index contributed by atoms with van der Waals surface area (Å²) < 4.78 is 11.3. The SMILES string of the molecule is COC(=O)c1ncc(-c2ccn(CC(=O)OC(C)(C)C)n2)cc1N. The molecule has 0 amide bonds. The fourth-order valence-corrected chi connectivity index (χ4v) is 2.00. The lowest BCUT2D eigenvalue weighted by Crippen LogP contribution is -2.26. The van der Waals surface area contributed by atoms with Crippen molar-refractivity contribution in [2.75, 3.05) is 12.8 Å². The van der Waals surface area contributed by atoms with Crippen molar-refractivity contribution in [1.29, 1.82) is 0 Å². The van der Waals surface area contributed by atoms with Gasteiger partial charge in [0.05, 0.1) is 18.5 Å². The number of nitrogens with zero attached hydrogens (tertiary/aromatic N) is 3. The van der Waals surface area contributed by atoms with E-state index < -0.39 is 11.6 Å². The predicted octanol–water partition coefficient (Wildman–Crippen LogP) is 1.66. The third kappa shape index (κ3) is 4.31. The molecule has 0 fully saturated rings. The molecule has 2 aromatic rings. The van der Waals surface area contributed by atoms with Gasteiger partial charge in [0.15, 0.2) is 5.69 Å². The second-order valence-electron chi connectivity index (χ2n) is 6.14. The van der Waals surface area contributed by atoms with Crippen molar-refractivity contribution in [2.45, 2.75) is 32.9 Å². The van der Waals surface area contributed by atoms with Gasteiger partial charge in [0.2, 0.25) is 0 Å². The minimum Gasteiger partial charge on any atom is -0.464 e. The molecule has 0 bridgehead atoms. The van der Waals surface area contributed by atoms with Crippen LogP contribution in [-0.4, -0.2) is 39.4 Å². The van der Waals surface area contributed by atoms with Crippen LogP contribution in [0.15, 0.2) is 24.5 Å². The summed E-state index contributed by atoms with van der Waals surface area (Å²) in [5.41, 5.74) is 6.73. The van der Waals surface area contributed by atoms with Gasteiger partial charge in [0.1, 0.15) is 12.1 Å². The normalized spacial score (nSPS) is 11.2. The molecule has 8 heteroatoms. The number of nitrogen functional groups attached to an aromatic ring is 1. The topological polar surface area (TPSA) is 109 Å². The number of carbonyl (C=O) groups excluding carboxylic acids is 2. The molecule has 0 saturated carbocycles. The van der Waals surface area contributed by atoms with Gasteiger partial charge in [-0.05, 0) is 32.9 Å². The highest BCUT2D eigenvalue weighted by molar-refractivity contribution is 5.93. The molecule has 0 aromatic carbocycles. The van der Waals surface area contributed by atoms with Gasteiger partial charge < -0.3 is 15.2 Å². The lowest BCUT2D eigenvalue weighted by atomic mass is 10.2. The van der Waals surface area contributed by atoms with E-state index in [4.69, 9.17) is 10.5 Å². The van der Waals surface area contributed by atoms with E-state index in [0.717, 1.165) is 0 Å². The fourth-order valence-electron chi connectivity index (χ4n) is 2.00. The van der Waals surface area contributed by atoms with Crippen molar-refractivity contribution < 1.29 is 19.1 Å². The number of hydrogen-bond donors (Lipinski definition) is 1. The molecule has 0 aliphatic rings. The first-order valence-corrected chi connectivity index (χ1v) is 7.29. The maximum absolute atomic E-state index is 11.8. The van der Waals surface area contributed by atoms with Gasteiger partial charge in [-0.15, -0.1) is 0 Å². The predicted molar refractivity (Wildman–Crippen MR) is 87.1 cm³/mol. The van der Waals surface area contributed by atoms with E-state index in [2.05, 4.69) is 14.8 Å². The molecule has 0 atom stereocenters. The second kappa shape index (κ2) is 6.69. The summed E-state index contributed by atoms with van der Waals surface area (Å²) in [5, 5.41) is 4.29. The van der Waals surface area contributed by atoms with Crippen molar-refractivity contribution in [3.63, 3.8) is 0 Å². The summed E-state index contributed by atoms with van der Waals surface area (Å²) in [5.74, 6) is -0.981. The van der Waals surface area contributed by atoms with Crippen molar-refractivity contribution in [3.8, 4) is 11.3 Å². The highest BCUT2D eigenvalue weighted by Crippen LogP contribution is 2.21. The molecule has 2 rings (SSSR count). The number of aromatic nitrogens is 3. The third-order valence-corrected chi connectivity index (χ3v) is 2.94. The third-order valence-electron chi connectivity index (χ3n) is 2.94. The summed E-state index contributed by atoms with van der Waals surface area (Å²) in [6.07, 6.45) is 3.13. The Labute approximate surface area is 139 Å². The monoisotopic (exact) mass is 332 g/mol. The van der Waals surface area contributed by atoms with Crippen LogP contribution in [0.25, 0.3) is 11.3 Å². The van der Waals surface area contributed by atoms with Gasteiger partial charge >= 0.3 is 11.9 Å². The lowest BCUT2D eigenvalue weighted by Gasteiger charge is -2.19. The first-order valence-electron chi connectivity index (χ1n) is 7.29. The van der Waals surface area contributed by atoms with Crippen LogP contribution in [0.5, 0.6) is 0 Å². The summed E-state index contributed by atoms with van der Waals surface area (Å²) >= 11 is 0. The summed E-state index contributed by atoms with van der Waals surface area (Å²) in [7, 11) is 1.26. The number of ether oxygens (including phenoxy) is 2. The average molecular weight is 332 g/mol. The highest BCUT2D eigenvalue weighted by atomic mass is 16.6. The van der Waals surface area contributed by atoms with Crippen molar-refractivity contribution in [3.05, 3.63) is 30.2 Å². The molecular weight excluding hydrogens is 312 g/mol. The maximum Gasteiger partial charge on any atom is 0.358 e. The van der Waals surface area contributed by atoms with E-state index in [-0.39, 0.29) is 23.9 Å². The zero-order valence-corrected chi connectivity index (χ0v) is 14.1. The Kier molecular flexibility index (Phi) is 4.87. The number of pyridine rings is 1. The minimum atomic E-state index is -0.602. The second-order valence-corrected chi connectivity index (χ2v) is 6.14. The Morgan fingerprint density at radius 2 is 2.04 bits per heavy atom. The lowest BCUT2D eigenvalue weighted by molar-refractivity contribution is -0.155. The van der Waals surface area contributed by atoms with Crippen LogP contribution in [0.2, 0.25) is 0 Å². The molecule has 0 aliphatic heterocycles. The van der Waals surface area contributed by atoms with Crippen molar-refractivity contribution in [2.24, 2.45) is 0 Å². The number of carbonyl (C=O) groups is 2. The summed E-state index contributed by atoms with van der Waals surface area (Å²) in [6, 6.07) is 3.30. The van der Waals surface area contributed by atoms with Crippen LogP contribution in [-0.2, 0) is 20.8 Å².